The predicted molar refractivity (Wildman–Crippen MR) is 103 cm³/mol. The first-order chi connectivity index (χ1) is 12.1. The smallest absolute Gasteiger partial charge is 0.249 e. The zero-order valence-electron chi connectivity index (χ0n) is 14.1. The molecule has 0 saturated carbocycles. The van der Waals surface area contributed by atoms with Gasteiger partial charge in [0.1, 0.15) is 0 Å². The highest BCUT2D eigenvalue weighted by atomic mass is 16.1. The first-order valence-electron chi connectivity index (χ1n) is 8.46. The van der Waals surface area contributed by atoms with E-state index in [4.69, 9.17) is 11.5 Å². The predicted octanol–water partition coefficient (Wildman–Crippen LogP) is 4.21. The van der Waals surface area contributed by atoms with Gasteiger partial charge in [-0.2, -0.15) is 0 Å². The van der Waals surface area contributed by atoms with Crippen molar-refractivity contribution in [2.24, 2.45) is 5.73 Å². The minimum atomic E-state index is -0.436. The first kappa shape index (κ1) is 16.8. The van der Waals surface area contributed by atoms with Crippen LogP contribution in [0.1, 0.15) is 27.9 Å². The largest absolute Gasteiger partial charge is 0.398 e. The lowest BCUT2D eigenvalue weighted by Gasteiger charge is -2.12. The van der Waals surface area contributed by atoms with Crippen molar-refractivity contribution in [2.45, 2.75) is 19.3 Å². The Morgan fingerprint density at radius 1 is 0.760 bits per heavy atom. The number of carbonyl (C=O) groups is 1. The van der Waals surface area contributed by atoms with Gasteiger partial charge in [0.15, 0.2) is 0 Å². The summed E-state index contributed by atoms with van der Waals surface area (Å²) in [6, 6.07) is 23.8. The molecule has 0 aromatic heterocycles. The summed E-state index contributed by atoms with van der Waals surface area (Å²) >= 11 is 0. The maximum absolute atomic E-state index is 11.8. The average Bonchev–Trinajstić information content (AvgIpc) is 2.63. The van der Waals surface area contributed by atoms with Crippen LogP contribution in [0.2, 0.25) is 0 Å². The first-order valence-corrected chi connectivity index (χ1v) is 8.46. The number of primary amides is 1. The van der Waals surface area contributed by atoms with Gasteiger partial charge >= 0.3 is 0 Å². The minimum absolute atomic E-state index is 0.436. The lowest BCUT2D eigenvalue weighted by molar-refractivity contribution is 0.100. The summed E-state index contributed by atoms with van der Waals surface area (Å²) < 4.78 is 0. The molecule has 3 heteroatoms. The van der Waals surface area contributed by atoms with E-state index in [0.29, 0.717) is 11.3 Å². The van der Waals surface area contributed by atoms with E-state index in [-0.39, 0.29) is 0 Å². The Morgan fingerprint density at radius 3 is 2.16 bits per heavy atom. The Morgan fingerprint density at radius 2 is 1.44 bits per heavy atom. The van der Waals surface area contributed by atoms with Crippen LogP contribution < -0.4 is 11.5 Å². The molecule has 0 aliphatic carbocycles. The second-order valence-corrected chi connectivity index (χ2v) is 6.17. The highest BCUT2D eigenvalue weighted by Gasteiger charge is 2.13. The van der Waals surface area contributed by atoms with Crippen molar-refractivity contribution in [3.05, 3.63) is 89.5 Å². The quantitative estimate of drug-likeness (QED) is 0.665. The number of rotatable bonds is 6. The average molecular weight is 330 g/mol. The van der Waals surface area contributed by atoms with Crippen LogP contribution in [0, 0.1) is 0 Å². The molecule has 3 aromatic rings. The Labute approximate surface area is 148 Å². The maximum atomic E-state index is 11.8. The van der Waals surface area contributed by atoms with Gasteiger partial charge in [0.25, 0.3) is 0 Å². The second kappa shape index (κ2) is 7.67. The number of hydrogen-bond donors (Lipinski definition) is 2. The number of nitrogens with two attached hydrogens (primary N) is 2. The summed E-state index contributed by atoms with van der Waals surface area (Å²) in [5, 5.41) is 0. The summed E-state index contributed by atoms with van der Waals surface area (Å²) in [4.78, 5) is 11.8. The van der Waals surface area contributed by atoms with Crippen LogP contribution in [0.25, 0.3) is 11.1 Å². The fourth-order valence-corrected chi connectivity index (χ4v) is 3.07. The molecule has 0 unspecified atom stereocenters. The molecule has 3 nitrogen and oxygen atoms in total. The van der Waals surface area contributed by atoms with E-state index in [0.717, 1.165) is 30.4 Å². The zero-order chi connectivity index (χ0) is 17.6. The van der Waals surface area contributed by atoms with Crippen LogP contribution in [-0.4, -0.2) is 5.91 Å². The van der Waals surface area contributed by atoms with Crippen molar-refractivity contribution in [1.29, 1.82) is 0 Å². The Kier molecular flexibility index (Phi) is 5.14. The summed E-state index contributed by atoms with van der Waals surface area (Å²) in [6.45, 7) is 0. The van der Waals surface area contributed by atoms with Crippen molar-refractivity contribution in [3.63, 3.8) is 0 Å². The molecule has 0 aliphatic rings. The van der Waals surface area contributed by atoms with E-state index in [1.807, 2.05) is 48.5 Å². The van der Waals surface area contributed by atoms with Gasteiger partial charge in [-0.05, 0) is 48.1 Å². The van der Waals surface area contributed by atoms with Crippen LogP contribution in [0.4, 0.5) is 5.69 Å². The number of carbonyl (C=O) groups excluding carboxylic acids is 1. The number of nitrogen functional groups attached to an aromatic ring is 1. The van der Waals surface area contributed by atoms with Crippen molar-refractivity contribution in [1.82, 2.24) is 0 Å². The van der Waals surface area contributed by atoms with E-state index in [9.17, 15) is 4.79 Å². The Balaban J connectivity index is 1.83. The van der Waals surface area contributed by atoms with Gasteiger partial charge in [-0.1, -0.05) is 60.7 Å². The fourth-order valence-electron chi connectivity index (χ4n) is 3.07. The molecule has 3 rings (SSSR count). The summed E-state index contributed by atoms with van der Waals surface area (Å²) in [6.07, 6.45) is 3.01. The number of para-hydroxylation sites is 1. The Hall–Kier alpha value is -3.07. The molecule has 4 N–H and O–H groups in total. The second-order valence-electron chi connectivity index (χ2n) is 6.17. The molecular formula is C22H22N2O. The lowest BCUT2D eigenvalue weighted by atomic mass is 9.94. The maximum Gasteiger partial charge on any atom is 0.249 e. The molecule has 0 saturated heterocycles. The van der Waals surface area contributed by atoms with Crippen molar-refractivity contribution in [2.75, 3.05) is 5.73 Å². The number of amides is 1. The monoisotopic (exact) mass is 330 g/mol. The third kappa shape index (κ3) is 4.07. The van der Waals surface area contributed by atoms with Crippen molar-refractivity contribution >= 4 is 11.6 Å². The molecule has 126 valence electrons. The molecular weight excluding hydrogens is 308 g/mol. The summed E-state index contributed by atoms with van der Waals surface area (Å²) in [7, 11) is 0. The third-order valence-corrected chi connectivity index (χ3v) is 4.37. The van der Waals surface area contributed by atoms with Crippen LogP contribution in [-0.2, 0) is 12.8 Å². The minimum Gasteiger partial charge on any atom is -0.398 e. The summed E-state index contributed by atoms with van der Waals surface area (Å²) in [5.74, 6) is -0.436. The van der Waals surface area contributed by atoms with E-state index in [2.05, 4.69) is 24.3 Å². The van der Waals surface area contributed by atoms with Gasteiger partial charge in [-0.3, -0.25) is 4.79 Å². The molecule has 0 fully saturated rings. The van der Waals surface area contributed by atoms with Gasteiger partial charge in [-0.25, -0.2) is 0 Å². The van der Waals surface area contributed by atoms with Crippen LogP contribution in [0.3, 0.4) is 0 Å². The number of benzene rings is 3. The molecule has 0 radical (unpaired) electrons. The molecule has 3 aromatic carbocycles. The van der Waals surface area contributed by atoms with Gasteiger partial charge in [-0.15, -0.1) is 0 Å². The van der Waals surface area contributed by atoms with E-state index in [1.54, 1.807) is 0 Å². The van der Waals surface area contributed by atoms with Gasteiger partial charge < -0.3 is 11.5 Å². The Bertz CT molecular complexity index is 872. The lowest BCUT2D eigenvalue weighted by Crippen LogP contribution is -2.13. The van der Waals surface area contributed by atoms with Gasteiger partial charge in [0, 0.05) is 16.8 Å². The van der Waals surface area contributed by atoms with Crippen LogP contribution in [0.15, 0.2) is 72.8 Å². The topological polar surface area (TPSA) is 69.1 Å². The zero-order valence-corrected chi connectivity index (χ0v) is 14.1. The molecule has 0 spiro atoms. The molecule has 25 heavy (non-hydrogen) atoms. The van der Waals surface area contributed by atoms with Crippen LogP contribution in [0.5, 0.6) is 0 Å². The molecule has 0 atom stereocenters. The standard InChI is InChI=1S/C22H22N2O/c23-21-12-5-4-11-18(21)20-15-17(13-14-19(20)22(24)25)10-6-9-16-7-2-1-3-8-16/h1-5,7-8,11-15H,6,9-10,23H2,(H2,24,25). The van der Waals surface area contributed by atoms with Crippen molar-refractivity contribution in [3.8, 4) is 11.1 Å². The molecule has 0 heterocycles. The highest BCUT2D eigenvalue weighted by molar-refractivity contribution is 6.01. The number of aryl methyl sites for hydroxylation is 2. The number of hydrogen-bond acceptors (Lipinski definition) is 2. The number of anilines is 1. The summed E-state index contributed by atoms with van der Waals surface area (Å²) in [5.41, 5.74) is 17.0. The van der Waals surface area contributed by atoms with E-state index >= 15 is 0 Å². The van der Waals surface area contributed by atoms with Crippen molar-refractivity contribution < 1.29 is 4.79 Å². The van der Waals surface area contributed by atoms with E-state index in [1.165, 1.54) is 11.1 Å². The SMILES string of the molecule is NC(=O)c1ccc(CCCc2ccccc2)cc1-c1ccccc1N. The molecule has 0 bridgehead atoms. The van der Waals surface area contributed by atoms with Gasteiger partial charge in [0.05, 0.1) is 0 Å². The van der Waals surface area contributed by atoms with E-state index < -0.39 is 5.91 Å². The molecule has 0 aliphatic heterocycles. The highest BCUT2D eigenvalue weighted by Crippen LogP contribution is 2.30. The fraction of sp³-hybridized carbons (Fsp3) is 0.136. The van der Waals surface area contributed by atoms with Gasteiger partial charge in [0.2, 0.25) is 5.91 Å². The third-order valence-electron chi connectivity index (χ3n) is 4.37. The normalized spacial score (nSPS) is 10.6. The van der Waals surface area contributed by atoms with Crippen LogP contribution >= 0.6 is 0 Å². The molecule has 1 amide bonds.